The van der Waals surface area contributed by atoms with Crippen molar-refractivity contribution in [2.45, 2.75) is 26.4 Å². The first-order valence-electron chi connectivity index (χ1n) is 6.60. The molecule has 0 saturated heterocycles. The normalized spacial score (nSPS) is 15.6. The largest absolute Gasteiger partial charge is 0.399 e. The number of halogens is 1. The van der Waals surface area contributed by atoms with Gasteiger partial charge in [-0.3, -0.25) is 9.36 Å². The lowest BCUT2D eigenvalue weighted by atomic mass is 10.1. The van der Waals surface area contributed by atoms with Gasteiger partial charge in [0.15, 0.2) is 0 Å². The number of carbonyl (C=O) groups is 1. The summed E-state index contributed by atoms with van der Waals surface area (Å²) < 4.78 is 17.7. The van der Waals surface area contributed by atoms with Gasteiger partial charge in [0.25, 0.3) is 5.52 Å². The molecule has 4 nitrogen and oxygen atoms in total. The monoisotopic (exact) mass is 370 g/mol. The Kier molecular flexibility index (Phi) is 4.99. The average molecular weight is 371 g/mol. The minimum Gasteiger partial charge on any atom is -0.319 e. The Labute approximate surface area is 131 Å². The van der Waals surface area contributed by atoms with E-state index in [-0.39, 0.29) is 5.56 Å². The summed E-state index contributed by atoms with van der Waals surface area (Å²) in [5.41, 5.74) is -0.733. The summed E-state index contributed by atoms with van der Waals surface area (Å²) in [6.07, 6.45) is 0.0977. The van der Waals surface area contributed by atoms with Gasteiger partial charge in [-0.15, -0.1) is 0 Å². The lowest BCUT2D eigenvalue weighted by molar-refractivity contribution is 0.0991. The molecule has 0 bridgehead atoms. The summed E-state index contributed by atoms with van der Waals surface area (Å²) in [7, 11) is -4.35. The van der Waals surface area contributed by atoms with Gasteiger partial charge in [0.2, 0.25) is 0 Å². The Balaban J connectivity index is 2.44. The summed E-state index contributed by atoms with van der Waals surface area (Å²) in [6.45, 7) is 3.48. The van der Waals surface area contributed by atoms with Gasteiger partial charge < -0.3 is 9.42 Å². The first-order chi connectivity index (χ1) is 9.86. The molecule has 0 fully saturated rings. The van der Waals surface area contributed by atoms with E-state index < -0.39 is 19.2 Å². The molecule has 2 aromatic rings. The van der Waals surface area contributed by atoms with Gasteiger partial charge >= 0.3 is 7.60 Å². The predicted molar refractivity (Wildman–Crippen MR) is 86.6 cm³/mol. The molecule has 0 amide bonds. The molecule has 21 heavy (non-hydrogen) atoms. The average Bonchev–Trinajstić information content (AvgIpc) is 2.46. The van der Waals surface area contributed by atoms with E-state index >= 15 is 0 Å². The van der Waals surface area contributed by atoms with Crippen LogP contribution in [0.2, 0.25) is 0 Å². The van der Waals surface area contributed by atoms with Gasteiger partial charge in [-0.25, -0.2) is 0 Å². The highest BCUT2D eigenvalue weighted by atomic mass is 79.9. The van der Waals surface area contributed by atoms with Crippen LogP contribution < -0.4 is 0 Å². The fourth-order valence-electron chi connectivity index (χ4n) is 1.92. The molecule has 2 aromatic carbocycles. The maximum absolute atomic E-state index is 12.3. The minimum atomic E-state index is -4.35. The smallest absolute Gasteiger partial charge is 0.319 e. The SMILES string of the molecule is CCC(C)OP(=O)(O)C(=O)c1ccc2ccccc2c1Br. The summed E-state index contributed by atoms with van der Waals surface area (Å²) in [5.74, 6) is 0. The predicted octanol–water partition coefficient (Wildman–Crippen LogP) is 4.74. The zero-order valence-corrected chi connectivity index (χ0v) is 14.2. The summed E-state index contributed by atoms with van der Waals surface area (Å²) in [5, 5.41) is 1.75. The Hall–Kier alpha value is -1.00. The Morgan fingerprint density at radius 2 is 2.00 bits per heavy atom. The maximum Gasteiger partial charge on any atom is 0.399 e. The lowest BCUT2D eigenvalue weighted by Gasteiger charge is -2.16. The van der Waals surface area contributed by atoms with Crippen LogP contribution in [0.1, 0.15) is 30.6 Å². The topological polar surface area (TPSA) is 63.6 Å². The van der Waals surface area contributed by atoms with Gasteiger partial charge in [-0.2, -0.15) is 0 Å². The maximum atomic E-state index is 12.3. The van der Waals surface area contributed by atoms with Gasteiger partial charge in [-0.1, -0.05) is 37.3 Å². The zero-order chi connectivity index (χ0) is 15.6. The third kappa shape index (κ3) is 3.43. The Morgan fingerprint density at radius 1 is 1.33 bits per heavy atom. The van der Waals surface area contributed by atoms with Crippen molar-refractivity contribution in [2.24, 2.45) is 0 Å². The molecular weight excluding hydrogens is 355 g/mol. The fraction of sp³-hybridized carbons (Fsp3) is 0.267. The van der Waals surface area contributed by atoms with Crippen LogP contribution in [-0.4, -0.2) is 16.5 Å². The molecule has 0 saturated carbocycles. The molecule has 2 unspecified atom stereocenters. The second kappa shape index (κ2) is 6.41. The van der Waals surface area contributed by atoms with Crippen LogP contribution in [0.5, 0.6) is 0 Å². The number of fused-ring (bicyclic) bond motifs is 1. The number of benzene rings is 2. The molecule has 0 aliphatic rings. The van der Waals surface area contributed by atoms with E-state index in [1.165, 1.54) is 6.07 Å². The van der Waals surface area contributed by atoms with Crippen LogP contribution in [0.3, 0.4) is 0 Å². The number of hydrogen-bond donors (Lipinski definition) is 1. The van der Waals surface area contributed by atoms with E-state index in [2.05, 4.69) is 15.9 Å². The van der Waals surface area contributed by atoms with E-state index in [4.69, 9.17) is 4.52 Å². The highest BCUT2D eigenvalue weighted by Crippen LogP contribution is 2.48. The second-order valence-corrected chi connectivity index (χ2v) is 7.25. The quantitative estimate of drug-likeness (QED) is 0.771. The molecule has 6 heteroatoms. The first kappa shape index (κ1) is 16.4. The third-order valence-electron chi connectivity index (χ3n) is 3.25. The van der Waals surface area contributed by atoms with Crippen molar-refractivity contribution in [2.75, 3.05) is 0 Å². The molecule has 2 rings (SSSR count). The summed E-state index contributed by atoms with van der Waals surface area (Å²) in [6, 6.07) is 10.8. The van der Waals surface area contributed by atoms with Gasteiger partial charge in [0, 0.05) is 10.0 Å². The standard InChI is InChI=1S/C15H16BrO4P/c1-3-10(2)20-21(18,19)15(17)13-9-8-11-6-4-5-7-12(11)14(13)16/h4-10H,3H2,1-2H3,(H,18,19). The van der Waals surface area contributed by atoms with Crippen molar-refractivity contribution in [3.05, 3.63) is 46.4 Å². The van der Waals surface area contributed by atoms with Gasteiger partial charge in [-0.05, 0) is 46.1 Å². The van der Waals surface area contributed by atoms with Crippen LogP contribution in [-0.2, 0) is 9.09 Å². The third-order valence-corrected chi connectivity index (χ3v) is 5.50. The molecule has 0 aliphatic heterocycles. The van der Waals surface area contributed by atoms with Gasteiger partial charge in [0.1, 0.15) is 0 Å². The molecular formula is C15H16BrO4P. The molecule has 0 radical (unpaired) electrons. The summed E-state index contributed by atoms with van der Waals surface area (Å²) in [4.78, 5) is 22.2. The molecule has 0 spiro atoms. The number of rotatable bonds is 5. The fourth-order valence-corrected chi connectivity index (χ4v) is 3.97. The van der Waals surface area contributed by atoms with E-state index in [1.54, 1.807) is 13.0 Å². The summed E-state index contributed by atoms with van der Waals surface area (Å²) >= 11 is 3.35. The molecule has 112 valence electrons. The van der Waals surface area contributed by atoms with Crippen molar-refractivity contribution in [3.8, 4) is 0 Å². The zero-order valence-electron chi connectivity index (χ0n) is 11.7. The Morgan fingerprint density at radius 3 is 2.67 bits per heavy atom. The number of carbonyl (C=O) groups excluding carboxylic acids is 1. The minimum absolute atomic E-state index is 0.155. The van der Waals surface area contributed by atoms with Gasteiger partial charge in [0.05, 0.1) is 6.10 Å². The van der Waals surface area contributed by atoms with Crippen molar-refractivity contribution in [3.63, 3.8) is 0 Å². The highest BCUT2D eigenvalue weighted by Gasteiger charge is 2.34. The lowest BCUT2D eigenvalue weighted by Crippen LogP contribution is -2.11. The van der Waals surface area contributed by atoms with Crippen LogP contribution in [0.25, 0.3) is 10.8 Å². The molecule has 0 heterocycles. The highest BCUT2D eigenvalue weighted by molar-refractivity contribution is 9.10. The van der Waals surface area contributed by atoms with Crippen LogP contribution >= 0.6 is 23.5 Å². The number of hydrogen-bond acceptors (Lipinski definition) is 3. The first-order valence-corrected chi connectivity index (χ1v) is 8.97. The molecule has 0 aliphatic carbocycles. The molecule has 2 atom stereocenters. The van der Waals surface area contributed by atoms with Crippen molar-refractivity contribution in [1.82, 2.24) is 0 Å². The van der Waals surface area contributed by atoms with E-state index in [1.807, 2.05) is 31.2 Å². The van der Waals surface area contributed by atoms with Crippen molar-refractivity contribution < 1.29 is 18.8 Å². The molecule has 1 N–H and O–H groups in total. The van der Waals surface area contributed by atoms with E-state index in [0.29, 0.717) is 10.9 Å². The van der Waals surface area contributed by atoms with E-state index in [9.17, 15) is 14.3 Å². The van der Waals surface area contributed by atoms with E-state index in [0.717, 1.165) is 10.8 Å². The second-order valence-electron chi connectivity index (χ2n) is 4.80. The van der Waals surface area contributed by atoms with Crippen molar-refractivity contribution in [1.29, 1.82) is 0 Å². The Bertz CT molecular complexity index is 729. The van der Waals surface area contributed by atoms with Crippen LogP contribution in [0.4, 0.5) is 0 Å². The molecule has 0 aromatic heterocycles. The van der Waals surface area contributed by atoms with Crippen molar-refractivity contribution >= 4 is 39.8 Å². The van der Waals surface area contributed by atoms with Crippen LogP contribution in [0, 0.1) is 0 Å². The van der Waals surface area contributed by atoms with Crippen LogP contribution in [0.15, 0.2) is 40.9 Å².